The highest BCUT2D eigenvalue weighted by Gasteiger charge is 2.20. The van der Waals surface area contributed by atoms with E-state index in [9.17, 15) is 13.2 Å². The fourth-order valence-corrected chi connectivity index (χ4v) is 3.27. The summed E-state index contributed by atoms with van der Waals surface area (Å²) in [6, 6.07) is 3.62. The molecule has 0 bridgehead atoms. The first-order valence-corrected chi connectivity index (χ1v) is 8.60. The monoisotopic (exact) mass is 334 g/mol. The number of aromatic carboxylic acids is 1. The van der Waals surface area contributed by atoms with E-state index in [4.69, 9.17) is 21.4 Å². The number of hydrogen-bond donors (Lipinski definition) is 1. The van der Waals surface area contributed by atoms with Gasteiger partial charge in [0.1, 0.15) is 0 Å². The average Bonchev–Trinajstić information content (AvgIpc) is 2.37. The molecule has 0 fully saturated rings. The van der Waals surface area contributed by atoms with Crippen LogP contribution >= 0.6 is 11.6 Å². The van der Waals surface area contributed by atoms with Gasteiger partial charge in [0.2, 0.25) is 0 Å². The second-order valence-corrected chi connectivity index (χ2v) is 7.55. The molecule has 5 nitrogen and oxygen atoms in total. The normalized spacial score (nSPS) is 11.8. The second kappa shape index (κ2) is 7.77. The molecule has 7 heteroatoms. The highest BCUT2D eigenvalue weighted by Crippen LogP contribution is 2.24. The highest BCUT2D eigenvalue weighted by molar-refractivity contribution is 7.91. The number of halogens is 1. The second-order valence-electron chi connectivity index (χ2n) is 5.06. The van der Waals surface area contributed by atoms with Gasteiger partial charge < -0.3 is 9.84 Å². The number of hydrogen-bond acceptors (Lipinski definition) is 4. The molecule has 0 spiro atoms. The molecule has 0 heterocycles. The molecule has 0 aliphatic rings. The average molecular weight is 335 g/mol. The molecule has 0 atom stereocenters. The van der Waals surface area contributed by atoms with E-state index in [-0.39, 0.29) is 27.8 Å². The van der Waals surface area contributed by atoms with Crippen LogP contribution < -0.4 is 0 Å². The fourth-order valence-electron chi connectivity index (χ4n) is 1.57. The molecule has 0 aromatic heterocycles. The summed E-state index contributed by atoms with van der Waals surface area (Å²) in [5.41, 5.74) is -0.112. The van der Waals surface area contributed by atoms with Crippen LogP contribution in [0.1, 0.15) is 30.6 Å². The topological polar surface area (TPSA) is 80.7 Å². The van der Waals surface area contributed by atoms with Crippen LogP contribution in [0.5, 0.6) is 0 Å². The lowest BCUT2D eigenvalue weighted by atomic mass is 10.1. The molecule has 0 aliphatic heterocycles. The van der Waals surface area contributed by atoms with Gasteiger partial charge in [0, 0.05) is 6.61 Å². The lowest BCUT2D eigenvalue weighted by molar-refractivity contribution is 0.0696. The Morgan fingerprint density at radius 1 is 1.33 bits per heavy atom. The number of rotatable bonds is 8. The quantitative estimate of drug-likeness (QED) is 0.739. The Kier molecular flexibility index (Phi) is 6.64. The van der Waals surface area contributed by atoms with Gasteiger partial charge in [0.15, 0.2) is 9.84 Å². The van der Waals surface area contributed by atoms with Crippen LogP contribution in [0.4, 0.5) is 0 Å². The number of benzene rings is 1. The van der Waals surface area contributed by atoms with Gasteiger partial charge in [0.25, 0.3) is 0 Å². The van der Waals surface area contributed by atoms with Crippen LogP contribution in [0, 0.1) is 5.92 Å². The predicted octanol–water partition coefficient (Wildman–Crippen LogP) is 2.87. The third-order valence-corrected chi connectivity index (χ3v) is 5.00. The molecule has 1 aromatic carbocycles. The molecular formula is C14H19ClO5S. The van der Waals surface area contributed by atoms with E-state index in [1.165, 1.54) is 12.1 Å². The minimum atomic E-state index is -3.67. The van der Waals surface area contributed by atoms with Crippen molar-refractivity contribution in [3.63, 3.8) is 0 Å². The van der Waals surface area contributed by atoms with Crippen LogP contribution in [-0.2, 0) is 14.6 Å². The van der Waals surface area contributed by atoms with E-state index < -0.39 is 15.8 Å². The summed E-state index contributed by atoms with van der Waals surface area (Å²) in [6.45, 7) is 4.66. The molecule has 1 aromatic rings. The molecule has 0 radical (unpaired) electrons. The summed E-state index contributed by atoms with van der Waals surface area (Å²) in [6.07, 6.45) is 0.856. The van der Waals surface area contributed by atoms with Gasteiger partial charge >= 0.3 is 5.97 Å². The first-order valence-electron chi connectivity index (χ1n) is 6.57. The molecule has 21 heavy (non-hydrogen) atoms. The van der Waals surface area contributed by atoms with Gasteiger partial charge in [-0.1, -0.05) is 25.4 Å². The number of carboxylic acid groups (broad SMARTS) is 1. The zero-order chi connectivity index (χ0) is 16.0. The Bertz CT molecular complexity index is 595. The van der Waals surface area contributed by atoms with Crippen molar-refractivity contribution < 1.29 is 23.1 Å². The fraction of sp³-hybridized carbons (Fsp3) is 0.500. The lowest BCUT2D eigenvalue weighted by Crippen LogP contribution is -2.14. The largest absolute Gasteiger partial charge is 0.478 e. The van der Waals surface area contributed by atoms with Crippen molar-refractivity contribution >= 4 is 27.4 Å². The van der Waals surface area contributed by atoms with Crippen molar-refractivity contribution in [3.8, 4) is 0 Å². The zero-order valence-corrected chi connectivity index (χ0v) is 13.6. The minimum absolute atomic E-state index is 0.0159. The van der Waals surface area contributed by atoms with Gasteiger partial charge in [-0.05, 0) is 30.5 Å². The SMILES string of the molecule is CC(C)CCOCCS(=O)(=O)c1cc(C(=O)O)ccc1Cl. The Morgan fingerprint density at radius 3 is 2.57 bits per heavy atom. The molecule has 118 valence electrons. The van der Waals surface area contributed by atoms with Crippen molar-refractivity contribution in [1.29, 1.82) is 0 Å². The van der Waals surface area contributed by atoms with E-state index >= 15 is 0 Å². The number of carbonyl (C=O) groups is 1. The van der Waals surface area contributed by atoms with Crippen LogP contribution in [0.3, 0.4) is 0 Å². The van der Waals surface area contributed by atoms with Crippen LogP contribution in [-0.4, -0.2) is 38.5 Å². The van der Waals surface area contributed by atoms with Crippen LogP contribution in [0.2, 0.25) is 5.02 Å². The van der Waals surface area contributed by atoms with Crippen molar-refractivity contribution in [1.82, 2.24) is 0 Å². The zero-order valence-electron chi connectivity index (χ0n) is 12.0. The van der Waals surface area contributed by atoms with E-state index in [1.54, 1.807) is 0 Å². The maximum Gasteiger partial charge on any atom is 0.335 e. The maximum atomic E-state index is 12.2. The van der Waals surface area contributed by atoms with Crippen LogP contribution in [0.15, 0.2) is 23.1 Å². The van der Waals surface area contributed by atoms with Gasteiger partial charge in [-0.15, -0.1) is 0 Å². The molecule has 0 saturated carbocycles. The van der Waals surface area contributed by atoms with Gasteiger partial charge in [0.05, 0.1) is 27.8 Å². The summed E-state index contributed by atoms with van der Waals surface area (Å²) in [4.78, 5) is 10.7. The van der Waals surface area contributed by atoms with E-state index in [2.05, 4.69) is 13.8 Å². The van der Waals surface area contributed by atoms with Crippen molar-refractivity contribution in [2.24, 2.45) is 5.92 Å². The number of ether oxygens (including phenoxy) is 1. The smallest absolute Gasteiger partial charge is 0.335 e. The van der Waals surface area contributed by atoms with Crippen molar-refractivity contribution in [2.75, 3.05) is 19.0 Å². The molecule has 1 N–H and O–H groups in total. The standard InChI is InChI=1S/C14H19ClO5S/c1-10(2)5-6-20-7-8-21(18,19)13-9-11(14(16)17)3-4-12(13)15/h3-4,9-10H,5-8H2,1-2H3,(H,16,17). The minimum Gasteiger partial charge on any atom is -0.478 e. The molecule has 0 amide bonds. The third kappa shape index (κ3) is 5.65. The lowest BCUT2D eigenvalue weighted by Gasteiger charge is -2.09. The number of sulfone groups is 1. The Balaban J connectivity index is 2.74. The summed E-state index contributed by atoms with van der Waals surface area (Å²) in [5.74, 6) is -0.937. The first-order chi connectivity index (χ1) is 9.74. The number of carboxylic acids is 1. The van der Waals surface area contributed by atoms with E-state index in [0.29, 0.717) is 12.5 Å². The molecule has 0 saturated heterocycles. The highest BCUT2D eigenvalue weighted by atomic mass is 35.5. The predicted molar refractivity (Wildman–Crippen MR) is 80.7 cm³/mol. The maximum absolute atomic E-state index is 12.2. The molecule has 1 rings (SSSR count). The summed E-state index contributed by atoms with van der Waals surface area (Å²) in [7, 11) is -3.67. The first kappa shape index (κ1) is 17.9. The summed E-state index contributed by atoms with van der Waals surface area (Å²) in [5, 5.41) is 8.92. The Labute approximate surface area is 129 Å². The summed E-state index contributed by atoms with van der Waals surface area (Å²) < 4.78 is 29.6. The van der Waals surface area contributed by atoms with E-state index in [0.717, 1.165) is 12.5 Å². The Morgan fingerprint density at radius 2 is 2.00 bits per heavy atom. The van der Waals surface area contributed by atoms with Crippen LogP contribution in [0.25, 0.3) is 0 Å². The van der Waals surface area contributed by atoms with Gasteiger partial charge in [-0.3, -0.25) is 0 Å². The molecule has 0 unspecified atom stereocenters. The summed E-state index contributed by atoms with van der Waals surface area (Å²) >= 11 is 5.85. The van der Waals surface area contributed by atoms with E-state index in [1.807, 2.05) is 0 Å². The Hall–Kier alpha value is -1.11. The van der Waals surface area contributed by atoms with Gasteiger partial charge in [-0.2, -0.15) is 0 Å². The molecular weight excluding hydrogens is 316 g/mol. The third-order valence-electron chi connectivity index (χ3n) is 2.85. The molecule has 0 aliphatic carbocycles. The van der Waals surface area contributed by atoms with Gasteiger partial charge in [-0.25, -0.2) is 13.2 Å². The van der Waals surface area contributed by atoms with Crippen molar-refractivity contribution in [3.05, 3.63) is 28.8 Å². The van der Waals surface area contributed by atoms with Crippen molar-refractivity contribution in [2.45, 2.75) is 25.2 Å².